The fourth-order valence-corrected chi connectivity index (χ4v) is 8.13. The standard InChI is InChI=1S/C50H36N2/c1-33-21-25-35(26-22-33)41-31-49-45(39-17-9-11-19-47(39)51(49)37-13-5-3-6-14-37)29-43(41)44-30-46-40-18-10-12-20-48(40)52(38-15-7-4-8-16-38)50(46)32-42(44)36-27-23-34(2)24-28-36/h3-32H,1-2H3. The quantitative estimate of drug-likeness (QED) is 0.173. The molecule has 0 aliphatic rings. The van der Waals surface area contributed by atoms with E-state index in [0.717, 1.165) is 11.4 Å². The van der Waals surface area contributed by atoms with Gasteiger partial charge in [-0.15, -0.1) is 0 Å². The molecule has 2 heteroatoms. The Bertz CT molecular complexity index is 2720. The molecule has 52 heavy (non-hydrogen) atoms. The van der Waals surface area contributed by atoms with Crippen molar-refractivity contribution in [3.05, 3.63) is 193 Å². The molecule has 0 fully saturated rings. The number of fused-ring (bicyclic) bond motifs is 6. The number of aryl methyl sites for hydroxylation is 2. The zero-order valence-corrected chi connectivity index (χ0v) is 29.2. The van der Waals surface area contributed by atoms with E-state index in [2.05, 4.69) is 205 Å². The lowest BCUT2D eigenvalue weighted by Gasteiger charge is -2.18. The summed E-state index contributed by atoms with van der Waals surface area (Å²) in [6.45, 7) is 4.32. The van der Waals surface area contributed by atoms with Gasteiger partial charge in [0.25, 0.3) is 0 Å². The van der Waals surface area contributed by atoms with Crippen LogP contribution in [-0.2, 0) is 0 Å². The van der Waals surface area contributed by atoms with Crippen LogP contribution in [0.15, 0.2) is 182 Å². The molecule has 0 bridgehead atoms. The molecular formula is C50H36N2. The number of aromatic nitrogens is 2. The number of hydrogen-bond acceptors (Lipinski definition) is 0. The van der Waals surface area contributed by atoms with Crippen LogP contribution in [0.4, 0.5) is 0 Å². The number of hydrogen-bond donors (Lipinski definition) is 0. The van der Waals surface area contributed by atoms with Crippen molar-refractivity contribution in [1.29, 1.82) is 0 Å². The zero-order chi connectivity index (χ0) is 34.8. The summed E-state index contributed by atoms with van der Waals surface area (Å²) in [6, 6.07) is 67.0. The largest absolute Gasteiger partial charge is 0.309 e. The molecule has 0 atom stereocenters. The minimum atomic E-state index is 1.16. The van der Waals surface area contributed by atoms with Gasteiger partial charge in [-0.2, -0.15) is 0 Å². The van der Waals surface area contributed by atoms with Crippen LogP contribution in [-0.4, -0.2) is 9.13 Å². The fourth-order valence-electron chi connectivity index (χ4n) is 8.13. The SMILES string of the molecule is Cc1ccc(-c2cc3c(cc2-c2cc4c5ccccc5n(-c5ccccc5)c4cc2-c2ccc(C)cc2)c2ccccc2n3-c2ccccc2)cc1. The first kappa shape index (κ1) is 30.2. The minimum Gasteiger partial charge on any atom is -0.309 e. The van der Waals surface area contributed by atoms with Gasteiger partial charge in [0.05, 0.1) is 22.1 Å². The third kappa shape index (κ3) is 4.80. The van der Waals surface area contributed by atoms with Crippen LogP contribution < -0.4 is 0 Å². The summed E-state index contributed by atoms with van der Waals surface area (Å²) in [5.74, 6) is 0. The minimum absolute atomic E-state index is 1.16. The van der Waals surface area contributed by atoms with Gasteiger partial charge in [-0.05, 0) is 108 Å². The second kappa shape index (κ2) is 12.0. The Morgan fingerprint density at radius 3 is 1.06 bits per heavy atom. The molecule has 0 aliphatic heterocycles. The molecule has 10 rings (SSSR count). The molecule has 0 N–H and O–H groups in total. The van der Waals surface area contributed by atoms with Gasteiger partial charge in [0.15, 0.2) is 0 Å². The van der Waals surface area contributed by atoms with Crippen molar-refractivity contribution in [2.24, 2.45) is 0 Å². The third-order valence-electron chi connectivity index (χ3n) is 10.7. The monoisotopic (exact) mass is 664 g/mol. The number of benzene rings is 8. The molecule has 0 aliphatic carbocycles. The Kier molecular flexibility index (Phi) is 6.97. The van der Waals surface area contributed by atoms with E-state index < -0.39 is 0 Å². The maximum Gasteiger partial charge on any atom is 0.0547 e. The first-order chi connectivity index (χ1) is 25.6. The fraction of sp³-hybridized carbons (Fsp3) is 0.0400. The molecule has 2 heterocycles. The van der Waals surface area contributed by atoms with Gasteiger partial charge in [-0.25, -0.2) is 0 Å². The highest BCUT2D eigenvalue weighted by atomic mass is 15.0. The van der Waals surface area contributed by atoms with E-state index >= 15 is 0 Å². The lowest BCUT2D eigenvalue weighted by Crippen LogP contribution is -1.96. The molecule has 2 aromatic heterocycles. The van der Waals surface area contributed by atoms with E-state index in [0.29, 0.717) is 0 Å². The molecule has 0 unspecified atom stereocenters. The predicted octanol–water partition coefficient (Wildman–Crippen LogP) is 13.5. The Hall–Kier alpha value is -6.64. The summed E-state index contributed by atoms with van der Waals surface area (Å²) in [5.41, 5.74) is 16.9. The van der Waals surface area contributed by atoms with Gasteiger partial charge in [0.1, 0.15) is 0 Å². The van der Waals surface area contributed by atoms with Crippen LogP contribution in [0.5, 0.6) is 0 Å². The summed E-state index contributed by atoms with van der Waals surface area (Å²) in [4.78, 5) is 0. The van der Waals surface area contributed by atoms with Crippen molar-refractivity contribution in [1.82, 2.24) is 9.13 Å². The van der Waals surface area contributed by atoms with Crippen molar-refractivity contribution in [3.63, 3.8) is 0 Å². The normalized spacial score (nSPS) is 11.7. The first-order valence-electron chi connectivity index (χ1n) is 18.0. The van der Waals surface area contributed by atoms with Crippen molar-refractivity contribution >= 4 is 43.6 Å². The van der Waals surface area contributed by atoms with E-state index in [-0.39, 0.29) is 0 Å². The Morgan fingerprint density at radius 1 is 0.288 bits per heavy atom. The van der Waals surface area contributed by atoms with Crippen LogP contribution in [0, 0.1) is 13.8 Å². The molecule has 2 nitrogen and oxygen atoms in total. The van der Waals surface area contributed by atoms with Gasteiger partial charge in [-0.1, -0.05) is 132 Å². The molecule has 0 saturated heterocycles. The molecule has 8 aromatic carbocycles. The van der Waals surface area contributed by atoms with Crippen molar-refractivity contribution in [2.45, 2.75) is 13.8 Å². The highest BCUT2D eigenvalue weighted by Gasteiger charge is 2.22. The number of rotatable bonds is 5. The maximum absolute atomic E-state index is 2.46. The van der Waals surface area contributed by atoms with E-state index in [4.69, 9.17) is 0 Å². The number of para-hydroxylation sites is 4. The smallest absolute Gasteiger partial charge is 0.0547 e. The second-order valence-electron chi connectivity index (χ2n) is 13.9. The zero-order valence-electron chi connectivity index (χ0n) is 29.2. The average Bonchev–Trinajstić information content (AvgIpc) is 3.70. The van der Waals surface area contributed by atoms with Crippen LogP contribution in [0.3, 0.4) is 0 Å². The predicted molar refractivity (Wildman–Crippen MR) is 221 cm³/mol. The third-order valence-corrected chi connectivity index (χ3v) is 10.7. The molecular weight excluding hydrogens is 629 g/mol. The van der Waals surface area contributed by atoms with Gasteiger partial charge in [-0.3, -0.25) is 0 Å². The Balaban J connectivity index is 1.37. The molecule has 246 valence electrons. The van der Waals surface area contributed by atoms with Crippen LogP contribution >= 0.6 is 0 Å². The first-order valence-corrected chi connectivity index (χ1v) is 18.0. The summed E-state index contributed by atoms with van der Waals surface area (Å²) >= 11 is 0. The molecule has 0 spiro atoms. The molecule has 0 amide bonds. The topological polar surface area (TPSA) is 9.86 Å². The van der Waals surface area contributed by atoms with E-state index in [1.165, 1.54) is 88.1 Å². The van der Waals surface area contributed by atoms with E-state index in [9.17, 15) is 0 Å². The molecule has 10 aromatic rings. The lowest BCUT2D eigenvalue weighted by molar-refractivity contribution is 1.18. The van der Waals surface area contributed by atoms with Crippen LogP contribution in [0.2, 0.25) is 0 Å². The van der Waals surface area contributed by atoms with Gasteiger partial charge in [0.2, 0.25) is 0 Å². The van der Waals surface area contributed by atoms with Crippen molar-refractivity contribution in [3.8, 4) is 44.8 Å². The van der Waals surface area contributed by atoms with Crippen LogP contribution in [0.25, 0.3) is 88.4 Å². The molecule has 0 saturated carbocycles. The number of nitrogens with zero attached hydrogens (tertiary/aromatic N) is 2. The van der Waals surface area contributed by atoms with Crippen molar-refractivity contribution in [2.75, 3.05) is 0 Å². The van der Waals surface area contributed by atoms with Gasteiger partial charge in [0, 0.05) is 32.9 Å². The highest BCUT2D eigenvalue weighted by Crippen LogP contribution is 2.46. The van der Waals surface area contributed by atoms with E-state index in [1.807, 2.05) is 0 Å². The average molecular weight is 665 g/mol. The lowest BCUT2D eigenvalue weighted by atomic mass is 9.87. The summed E-state index contributed by atoms with van der Waals surface area (Å²) in [7, 11) is 0. The van der Waals surface area contributed by atoms with E-state index in [1.54, 1.807) is 0 Å². The Morgan fingerprint density at radius 2 is 0.654 bits per heavy atom. The van der Waals surface area contributed by atoms with Crippen LogP contribution in [0.1, 0.15) is 11.1 Å². The second-order valence-corrected chi connectivity index (χ2v) is 13.9. The summed E-state index contributed by atoms with van der Waals surface area (Å²) in [5, 5.41) is 4.98. The Labute approximate surface area is 303 Å². The van der Waals surface area contributed by atoms with Gasteiger partial charge >= 0.3 is 0 Å². The summed E-state index contributed by atoms with van der Waals surface area (Å²) < 4.78 is 4.84. The molecule has 0 radical (unpaired) electrons. The summed E-state index contributed by atoms with van der Waals surface area (Å²) in [6.07, 6.45) is 0. The highest BCUT2D eigenvalue weighted by molar-refractivity contribution is 6.16. The van der Waals surface area contributed by atoms with Gasteiger partial charge < -0.3 is 9.13 Å². The maximum atomic E-state index is 2.46. The van der Waals surface area contributed by atoms with Crippen molar-refractivity contribution < 1.29 is 0 Å².